The Morgan fingerprint density at radius 2 is 1.64 bits per heavy atom. The summed E-state index contributed by atoms with van der Waals surface area (Å²) < 4.78 is 16.9. The molecule has 1 aromatic heterocycles. The predicted octanol–water partition coefficient (Wildman–Crippen LogP) is 5.41. The Morgan fingerprint density at radius 1 is 0.909 bits per heavy atom. The highest BCUT2D eigenvalue weighted by atomic mass is 16.5. The number of furan rings is 1. The van der Waals surface area contributed by atoms with Crippen LogP contribution in [0, 0.1) is 6.92 Å². The van der Waals surface area contributed by atoms with Gasteiger partial charge in [-0.2, -0.15) is 0 Å². The maximum Gasteiger partial charge on any atom is 0.293 e. The normalized spacial score (nSPS) is 11.6. The molecule has 0 fully saturated rings. The van der Waals surface area contributed by atoms with E-state index in [1.807, 2.05) is 37.3 Å². The van der Waals surface area contributed by atoms with Crippen LogP contribution in [0.4, 0.5) is 11.4 Å². The Bertz CT molecular complexity index is 1310. The van der Waals surface area contributed by atoms with Crippen molar-refractivity contribution in [1.82, 2.24) is 0 Å². The first-order valence-corrected chi connectivity index (χ1v) is 10.5. The van der Waals surface area contributed by atoms with Crippen LogP contribution in [0.15, 0.2) is 77.2 Å². The van der Waals surface area contributed by atoms with Gasteiger partial charge in [0.05, 0.1) is 7.11 Å². The standard InChI is InChI=1S/C26H24N2O5/c1-16-9-8-10-18(15-16)27-26(30)24-23(19-11-4-5-12-20(19)33-24)28-25(29)17(2)32-22-14-7-6-13-21(22)31-3/h4-15,17H,1-3H3,(H,27,30)(H,28,29). The molecular formula is C26H24N2O5. The first kappa shape index (κ1) is 22.0. The summed E-state index contributed by atoms with van der Waals surface area (Å²) in [6.45, 7) is 3.56. The van der Waals surface area contributed by atoms with E-state index in [4.69, 9.17) is 13.9 Å². The highest BCUT2D eigenvalue weighted by molar-refractivity contribution is 6.15. The van der Waals surface area contributed by atoms with Crippen LogP contribution in [0.3, 0.4) is 0 Å². The molecule has 3 aromatic carbocycles. The van der Waals surface area contributed by atoms with Crippen LogP contribution in [-0.2, 0) is 4.79 Å². The number of amides is 2. The van der Waals surface area contributed by atoms with E-state index in [0.29, 0.717) is 28.2 Å². The van der Waals surface area contributed by atoms with Crippen LogP contribution in [0.1, 0.15) is 23.0 Å². The first-order chi connectivity index (χ1) is 16.0. The quantitative estimate of drug-likeness (QED) is 0.398. The summed E-state index contributed by atoms with van der Waals surface area (Å²) in [5.74, 6) is 0.0688. The van der Waals surface area contributed by atoms with E-state index in [0.717, 1.165) is 5.56 Å². The van der Waals surface area contributed by atoms with Crippen molar-refractivity contribution in [3.05, 3.63) is 84.1 Å². The van der Waals surface area contributed by atoms with Crippen molar-refractivity contribution in [3.8, 4) is 11.5 Å². The predicted molar refractivity (Wildman–Crippen MR) is 127 cm³/mol. The third-order valence-corrected chi connectivity index (χ3v) is 5.07. The number of ether oxygens (including phenoxy) is 2. The lowest BCUT2D eigenvalue weighted by molar-refractivity contribution is -0.122. The number of methoxy groups -OCH3 is 1. The zero-order chi connectivity index (χ0) is 23.4. The van der Waals surface area contributed by atoms with E-state index in [1.165, 1.54) is 7.11 Å². The van der Waals surface area contributed by atoms with Gasteiger partial charge < -0.3 is 24.5 Å². The molecule has 2 N–H and O–H groups in total. The Balaban J connectivity index is 1.60. The molecule has 1 unspecified atom stereocenters. The van der Waals surface area contributed by atoms with Crippen LogP contribution >= 0.6 is 0 Å². The molecule has 0 spiro atoms. The summed E-state index contributed by atoms with van der Waals surface area (Å²) in [5.41, 5.74) is 2.41. The minimum atomic E-state index is -0.859. The second-order valence-electron chi connectivity index (χ2n) is 7.53. The van der Waals surface area contributed by atoms with Crippen molar-refractivity contribution in [1.29, 1.82) is 0 Å². The number of anilines is 2. The zero-order valence-electron chi connectivity index (χ0n) is 18.5. The van der Waals surface area contributed by atoms with E-state index in [9.17, 15) is 9.59 Å². The molecule has 4 aromatic rings. The summed E-state index contributed by atoms with van der Waals surface area (Å²) in [6, 6.07) is 21.6. The van der Waals surface area contributed by atoms with Gasteiger partial charge in [-0.1, -0.05) is 36.4 Å². The van der Waals surface area contributed by atoms with Crippen LogP contribution in [0.2, 0.25) is 0 Å². The monoisotopic (exact) mass is 444 g/mol. The summed E-state index contributed by atoms with van der Waals surface area (Å²) >= 11 is 0. The summed E-state index contributed by atoms with van der Waals surface area (Å²) in [7, 11) is 1.53. The third-order valence-electron chi connectivity index (χ3n) is 5.07. The maximum absolute atomic E-state index is 13.0. The highest BCUT2D eigenvalue weighted by Crippen LogP contribution is 2.32. The van der Waals surface area contributed by atoms with Gasteiger partial charge in [-0.25, -0.2) is 0 Å². The average molecular weight is 444 g/mol. The molecule has 0 aliphatic carbocycles. The zero-order valence-corrected chi connectivity index (χ0v) is 18.5. The van der Waals surface area contributed by atoms with Gasteiger partial charge >= 0.3 is 0 Å². The molecule has 0 aliphatic heterocycles. The van der Waals surface area contributed by atoms with Gasteiger partial charge in [0.2, 0.25) is 5.76 Å². The molecule has 7 heteroatoms. The molecule has 0 aliphatic rings. The van der Waals surface area contributed by atoms with Crippen molar-refractivity contribution in [2.75, 3.05) is 17.7 Å². The molecule has 2 amide bonds. The van der Waals surface area contributed by atoms with Crippen molar-refractivity contribution < 1.29 is 23.5 Å². The van der Waals surface area contributed by atoms with E-state index in [-0.39, 0.29) is 11.4 Å². The van der Waals surface area contributed by atoms with Gasteiger partial charge in [-0.15, -0.1) is 0 Å². The van der Waals surface area contributed by atoms with Gasteiger partial charge in [0.15, 0.2) is 17.6 Å². The molecule has 0 radical (unpaired) electrons. The highest BCUT2D eigenvalue weighted by Gasteiger charge is 2.25. The Hall–Kier alpha value is -4.26. The fraction of sp³-hybridized carbons (Fsp3) is 0.154. The van der Waals surface area contributed by atoms with Crippen molar-refractivity contribution in [3.63, 3.8) is 0 Å². The summed E-state index contributed by atoms with van der Waals surface area (Å²) in [4.78, 5) is 26.0. The summed E-state index contributed by atoms with van der Waals surface area (Å²) in [5, 5.41) is 6.25. The van der Waals surface area contributed by atoms with Gasteiger partial charge in [0.1, 0.15) is 11.3 Å². The number of benzene rings is 3. The molecule has 0 saturated heterocycles. The van der Waals surface area contributed by atoms with Gasteiger partial charge in [0, 0.05) is 11.1 Å². The molecular weight excluding hydrogens is 420 g/mol. The largest absolute Gasteiger partial charge is 0.493 e. The van der Waals surface area contributed by atoms with Crippen molar-refractivity contribution in [2.45, 2.75) is 20.0 Å². The van der Waals surface area contributed by atoms with Gasteiger partial charge in [0.25, 0.3) is 11.8 Å². The lowest BCUT2D eigenvalue weighted by atomic mass is 10.2. The minimum Gasteiger partial charge on any atom is -0.493 e. The number of carbonyl (C=O) groups excluding carboxylic acids is 2. The fourth-order valence-electron chi connectivity index (χ4n) is 3.43. The number of hydrogen-bond acceptors (Lipinski definition) is 5. The Morgan fingerprint density at radius 3 is 2.39 bits per heavy atom. The molecule has 0 saturated carbocycles. The van der Waals surface area contributed by atoms with E-state index in [1.54, 1.807) is 49.4 Å². The number of aryl methyl sites for hydroxylation is 1. The van der Waals surface area contributed by atoms with Crippen LogP contribution < -0.4 is 20.1 Å². The molecule has 1 heterocycles. The number of carbonyl (C=O) groups is 2. The maximum atomic E-state index is 13.0. The van der Waals surface area contributed by atoms with Crippen LogP contribution in [0.5, 0.6) is 11.5 Å². The minimum absolute atomic E-state index is 0.00977. The lowest BCUT2D eigenvalue weighted by Crippen LogP contribution is -2.31. The Kier molecular flexibility index (Phi) is 6.31. The molecule has 4 rings (SSSR count). The van der Waals surface area contributed by atoms with Gasteiger partial charge in [-0.05, 0) is 55.8 Å². The van der Waals surface area contributed by atoms with E-state index < -0.39 is 17.9 Å². The second kappa shape index (κ2) is 9.48. The first-order valence-electron chi connectivity index (χ1n) is 10.5. The Labute approximate surface area is 191 Å². The SMILES string of the molecule is COc1ccccc1OC(C)C(=O)Nc1c(C(=O)Nc2cccc(C)c2)oc2ccccc12. The third kappa shape index (κ3) is 4.82. The summed E-state index contributed by atoms with van der Waals surface area (Å²) in [6.07, 6.45) is -0.859. The average Bonchev–Trinajstić information content (AvgIpc) is 3.18. The van der Waals surface area contributed by atoms with Gasteiger partial charge in [-0.3, -0.25) is 9.59 Å². The topological polar surface area (TPSA) is 89.8 Å². The van der Waals surface area contributed by atoms with Crippen molar-refractivity contribution >= 4 is 34.2 Å². The van der Waals surface area contributed by atoms with E-state index in [2.05, 4.69) is 10.6 Å². The number of nitrogens with one attached hydrogen (secondary N) is 2. The molecule has 0 bridgehead atoms. The molecule has 168 valence electrons. The number of fused-ring (bicyclic) bond motifs is 1. The second-order valence-corrected chi connectivity index (χ2v) is 7.53. The van der Waals surface area contributed by atoms with Crippen LogP contribution in [0.25, 0.3) is 11.0 Å². The molecule has 1 atom stereocenters. The molecule has 33 heavy (non-hydrogen) atoms. The van der Waals surface area contributed by atoms with E-state index >= 15 is 0 Å². The number of hydrogen-bond donors (Lipinski definition) is 2. The number of rotatable bonds is 7. The van der Waals surface area contributed by atoms with Crippen LogP contribution in [-0.4, -0.2) is 25.0 Å². The fourth-order valence-corrected chi connectivity index (χ4v) is 3.43. The lowest BCUT2D eigenvalue weighted by Gasteiger charge is -2.16. The smallest absolute Gasteiger partial charge is 0.293 e. The molecule has 7 nitrogen and oxygen atoms in total. The van der Waals surface area contributed by atoms with Crippen molar-refractivity contribution in [2.24, 2.45) is 0 Å². The number of para-hydroxylation sites is 3.